The van der Waals surface area contributed by atoms with Gasteiger partial charge in [0.15, 0.2) is 10.8 Å². The second-order valence-electron chi connectivity index (χ2n) is 5.62. The van der Waals surface area contributed by atoms with Crippen LogP contribution >= 0.6 is 11.8 Å². The summed E-state index contributed by atoms with van der Waals surface area (Å²) in [6, 6.07) is 0. The van der Waals surface area contributed by atoms with E-state index in [0.29, 0.717) is 39.3 Å². The zero-order valence-corrected chi connectivity index (χ0v) is 16.6. The second-order valence-corrected chi connectivity index (χ2v) is 6.85. The van der Waals surface area contributed by atoms with Gasteiger partial charge in [-0.05, 0) is 19.1 Å². The molecule has 2 rings (SSSR count). The van der Waals surface area contributed by atoms with E-state index < -0.39 is 0 Å². The van der Waals surface area contributed by atoms with E-state index in [1.165, 1.54) is 0 Å². The monoisotopic (exact) mass is 380 g/mol. The van der Waals surface area contributed by atoms with Crippen molar-refractivity contribution < 1.29 is 9.53 Å². The third kappa shape index (κ3) is 5.84. The van der Waals surface area contributed by atoms with Gasteiger partial charge in [0.1, 0.15) is 5.82 Å². The lowest BCUT2D eigenvalue weighted by atomic mass is 10.3. The van der Waals surface area contributed by atoms with Gasteiger partial charge >= 0.3 is 0 Å². The fourth-order valence-corrected chi connectivity index (χ4v) is 3.00. The smallest absolute Gasteiger partial charge is 0.220 e. The Morgan fingerprint density at radius 3 is 2.85 bits per heavy atom. The minimum absolute atomic E-state index is 0.0686. The van der Waals surface area contributed by atoms with E-state index in [-0.39, 0.29) is 5.91 Å². The summed E-state index contributed by atoms with van der Waals surface area (Å²) in [7, 11) is 0. The Bertz CT molecular complexity index is 706. The maximum Gasteiger partial charge on any atom is 0.220 e. The molecule has 0 aromatic carbocycles. The fraction of sp³-hybridized carbons (Fsp3) is 0.647. The number of carbonyl (C=O) groups excluding carboxylic acids is 1. The molecule has 0 aliphatic heterocycles. The van der Waals surface area contributed by atoms with Crippen LogP contribution in [0.3, 0.4) is 0 Å². The Hall–Kier alpha value is -1.87. The number of thioether (sulfide) groups is 1. The van der Waals surface area contributed by atoms with Crippen molar-refractivity contribution in [3.05, 3.63) is 6.20 Å². The van der Waals surface area contributed by atoms with Gasteiger partial charge in [0.2, 0.25) is 5.91 Å². The molecule has 0 aliphatic carbocycles. The summed E-state index contributed by atoms with van der Waals surface area (Å²) in [6.07, 6.45) is 3.16. The van der Waals surface area contributed by atoms with Crippen molar-refractivity contribution in [2.75, 3.05) is 37.4 Å². The molecule has 0 aliphatic rings. The first-order valence-corrected chi connectivity index (χ1v) is 10.1. The van der Waals surface area contributed by atoms with E-state index in [2.05, 4.69) is 32.6 Å². The van der Waals surface area contributed by atoms with Crippen LogP contribution in [0.1, 0.15) is 33.6 Å². The summed E-state index contributed by atoms with van der Waals surface area (Å²) < 4.78 is 7.19. The summed E-state index contributed by atoms with van der Waals surface area (Å²) in [5.74, 6) is 1.73. The third-order valence-corrected chi connectivity index (χ3v) is 4.34. The molecule has 0 fully saturated rings. The van der Waals surface area contributed by atoms with Crippen LogP contribution in [0, 0.1) is 0 Å². The Morgan fingerprint density at radius 1 is 1.27 bits per heavy atom. The first-order valence-electron chi connectivity index (χ1n) is 9.14. The molecule has 2 aromatic rings. The van der Waals surface area contributed by atoms with Gasteiger partial charge in [-0.2, -0.15) is 5.10 Å². The number of hydrogen-bond acceptors (Lipinski definition) is 7. The van der Waals surface area contributed by atoms with Crippen LogP contribution in [0.4, 0.5) is 5.82 Å². The van der Waals surface area contributed by atoms with Crippen molar-refractivity contribution in [3.63, 3.8) is 0 Å². The second kappa shape index (κ2) is 11.0. The summed E-state index contributed by atoms with van der Waals surface area (Å²) in [5, 5.41) is 12.2. The first-order chi connectivity index (χ1) is 12.7. The van der Waals surface area contributed by atoms with Gasteiger partial charge in [-0.15, -0.1) is 0 Å². The van der Waals surface area contributed by atoms with Gasteiger partial charge in [0, 0.05) is 26.1 Å². The molecule has 0 unspecified atom stereocenters. The molecule has 2 N–H and O–H groups in total. The number of nitrogens with one attached hydrogen (secondary N) is 2. The summed E-state index contributed by atoms with van der Waals surface area (Å²) in [6.45, 7) is 9.13. The lowest BCUT2D eigenvalue weighted by Crippen LogP contribution is -2.27. The number of amides is 1. The highest BCUT2D eigenvalue weighted by Gasteiger charge is 2.13. The van der Waals surface area contributed by atoms with E-state index >= 15 is 0 Å². The number of anilines is 1. The number of ether oxygens (including phenoxy) is 1. The van der Waals surface area contributed by atoms with Crippen molar-refractivity contribution in [2.24, 2.45) is 0 Å². The molecule has 1 amide bonds. The average molecular weight is 381 g/mol. The molecule has 144 valence electrons. The van der Waals surface area contributed by atoms with Crippen LogP contribution in [0.5, 0.6) is 0 Å². The molecule has 0 saturated carbocycles. The molecule has 26 heavy (non-hydrogen) atoms. The number of nitrogens with zero attached hydrogens (tertiary/aromatic N) is 4. The quantitative estimate of drug-likeness (QED) is 0.331. The first kappa shape index (κ1) is 20.4. The van der Waals surface area contributed by atoms with E-state index in [9.17, 15) is 4.79 Å². The number of hydrogen-bond donors (Lipinski definition) is 2. The maximum atomic E-state index is 11.6. The Balaban J connectivity index is 2.13. The highest BCUT2D eigenvalue weighted by Crippen LogP contribution is 2.24. The lowest BCUT2D eigenvalue weighted by molar-refractivity contribution is -0.121. The molecule has 2 aromatic heterocycles. The van der Waals surface area contributed by atoms with Crippen molar-refractivity contribution >= 4 is 34.5 Å². The van der Waals surface area contributed by atoms with Gasteiger partial charge in [-0.3, -0.25) is 4.79 Å². The zero-order chi connectivity index (χ0) is 18.8. The van der Waals surface area contributed by atoms with Crippen LogP contribution in [0.15, 0.2) is 11.4 Å². The summed E-state index contributed by atoms with van der Waals surface area (Å²) in [5.41, 5.74) is 0.777. The third-order valence-electron chi connectivity index (χ3n) is 3.61. The molecule has 0 bridgehead atoms. The van der Waals surface area contributed by atoms with Crippen LogP contribution in [-0.2, 0) is 16.1 Å². The van der Waals surface area contributed by atoms with Crippen molar-refractivity contribution in [1.29, 1.82) is 0 Å². The molecule has 0 atom stereocenters. The zero-order valence-electron chi connectivity index (χ0n) is 15.7. The topological polar surface area (TPSA) is 94.0 Å². The Kier molecular flexibility index (Phi) is 8.63. The number of rotatable bonds is 12. The molecule has 0 spiro atoms. The van der Waals surface area contributed by atoms with E-state index in [1.807, 2.05) is 18.5 Å². The van der Waals surface area contributed by atoms with Gasteiger partial charge in [0.05, 0.1) is 24.7 Å². The maximum absolute atomic E-state index is 11.6. The highest BCUT2D eigenvalue weighted by molar-refractivity contribution is 7.99. The lowest BCUT2D eigenvalue weighted by Gasteiger charge is -2.09. The SMILES string of the molecule is CCCC(=O)NCCn1ncc2c(NCCOCC)nc(SCC)nc21. The number of fused-ring (bicyclic) bond motifs is 1. The van der Waals surface area contributed by atoms with Crippen LogP contribution in [0.2, 0.25) is 0 Å². The molecule has 8 nitrogen and oxygen atoms in total. The summed E-state index contributed by atoms with van der Waals surface area (Å²) >= 11 is 1.59. The highest BCUT2D eigenvalue weighted by atomic mass is 32.2. The predicted octanol–water partition coefficient (Wildman–Crippen LogP) is 2.30. The van der Waals surface area contributed by atoms with E-state index in [4.69, 9.17) is 4.74 Å². The van der Waals surface area contributed by atoms with Gasteiger partial charge < -0.3 is 15.4 Å². The van der Waals surface area contributed by atoms with Crippen LogP contribution in [0.25, 0.3) is 11.0 Å². The molecular weight excluding hydrogens is 352 g/mol. The van der Waals surface area contributed by atoms with Gasteiger partial charge in [0.25, 0.3) is 0 Å². The van der Waals surface area contributed by atoms with E-state index in [1.54, 1.807) is 18.0 Å². The molecule has 0 saturated heterocycles. The summed E-state index contributed by atoms with van der Waals surface area (Å²) in [4.78, 5) is 20.8. The number of carbonyl (C=O) groups is 1. The van der Waals surface area contributed by atoms with Gasteiger partial charge in [-0.25, -0.2) is 14.6 Å². The standard InChI is InChI=1S/C17H28N6O2S/c1-4-7-14(24)18-8-10-23-16-13(12-20-23)15(19-9-11-25-5-2)21-17(22-16)26-6-3/h12H,4-11H2,1-3H3,(H,18,24)(H,19,21,22). The number of aromatic nitrogens is 4. The van der Waals surface area contributed by atoms with E-state index in [0.717, 1.165) is 34.2 Å². The van der Waals surface area contributed by atoms with Crippen LogP contribution in [-0.4, -0.2) is 57.7 Å². The largest absolute Gasteiger partial charge is 0.380 e. The minimum atomic E-state index is 0.0686. The molecular formula is C17H28N6O2S. The van der Waals surface area contributed by atoms with Crippen molar-refractivity contribution in [3.8, 4) is 0 Å². The molecule has 2 heterocycles. The molecule has 9 heteroatoms. The Labute approximate surface area is 158 Å². The average Bonchev–Trinajstić information content (AvgIpc) is 3.02. The normalized spacial score (nSPS) is 11.0. The predicted molar refractivity (Wildman–Crippen MR) is 105 cm³/mol. The fourth-order valence-electron chi connectivity index (χ4n) is 2.43. The van der Waals surface area contributed by atoms with Crippen molar-refractivity contribution in [2.45, 2.75) is 45.3 Å². The minimum Gasteiger partial charge on any atom is -0.380 e. The molecule has 0 radical (unpaired) electrons. The Morgan fingerprint density at radius 2 is 2.12 bits per heavy atom. The van der Waals surface area contributed by atoms with Crippen LogP contribution < -0.4 is 10.6 Å². The van der Waals surface area contributed by atoms with Crippen molar-refractivity contribution in [1.82, 2.24) is 25.1 Å². The van der Waals surface area contributed by atoms with Gasteiger partial charge in [-0.1, -0.05) is 25.6 Å².